The van der Waals surface area contributed by atoms with Crippen LogP contribution < -0.4 is 0 Å². The summed E-state index contributed by atoms with van der Waals surface area (Å²) in [6.07, 6.45) is 0. The number of hydrogen-bond donors (Lipinski definition) is 3. The quantitative estimate of drug-likeness (QED) is 0.287. The van der Waals surface area contributed by atoms with Crippen LogP contribution in [0.25, 0.3) is 0 Å². The maximum atomic E-state index is 11.3. The SMILES string of the molecule is C=C(C)C(=O)OCCN(CCO)CCN(CCO)CCO. The molecule has 3 N–H and O–H groups in total. The average molecular weight is 304 g/mol. The van der Waals surface area contributed by atoms with Crippen molar-refractivity contribution in [1.82, 2.24) is 9.80 Å². The van der Waals surface area contributed by atoms with E-state index in [-0.39, 0.29) is 26.4 Å². The molecular weight excluding hydrogens is 276 g/mol. The lowest BCUT2D eigenvalue weighted by Crippen LogP contribution is -2.40. The number of carbonyl (C=O) groups is 1. The molecule has 0 bridgehead atoms. The molecule has 0 aliphatic rings. The summed E-state index contributed by atoms with van der Waals surface area (Å²) in [5.74, 6) is -0.416. The van der Waals surface area contributed by atoms with Gasteiger partial charge in [-0.15, -0.1) is 0 Å². The average Bonchev–Trinajstić information content (AvgIpc) is 2.44. The predicted molar refractivity (Wildman–Crippen MR) is 79.9 cm³/mol. The molecule has 0 aliphatic heterocycles. The van der Waals surface area contributed by atoms with E-state index >= 15 is 0 Å². The van der Waals surface area contributed by atoms with Crippen molar-refractivity contribution in [2.24, 2.45) is 0 Å². The van der Waals surface area contributed by atoms with E-state index in [9.17, 15) is 4.79 Å². The van der Waals surface area contributed by atoms with Crippen LogP contribution in [-0.4, -0.2) is 96.8 Å². The summed E-state index contributed by atoms with van der Waals surface area (Å²) in [6, 6.07) is 0. The van der Waals surface area contributed by atoms with Crippen molar-refractivity contribution in [3.05, 3.63) is 12.2 Å². The molecule has 0 saturated carbocycles. The van der Waals surface area contributed by atoms with E-state index < -0.39 is 5.97 Å². The molecule has 0 aromatic rings. The molecule has 124 valence electrons. The van der Waals surface area contributed by atoms with E-state index in [1.165, 1.54) is 0 Å². The van der Waals surface area contributed by atoms with Gasteiger partial charge in [0, 0.05) is 44.8 Å². The minimum atomic E-state index is -0.416. The highest BCUT2D eigenvalue weighted by atomic mass is 16.5. The fourth-order valence-electron chi connectivity index (χ4n) is 1.77. The van der Waals surface area contributed by atoms with Crippen molar-refractivity contribution in [1.29, 1.82) is 0 Å². The van der Waals surface area contributed by atoms with Crippen LogP contribution in [0.1, 0.15) is 6.92 Å². The summed E-state index contributed by atoms with van der Waals surface area (Å²) in [6.45, 7) is 8.76. The second-order valence-electron chi connectivity index (χ2n) is 4.77. The van der Waals surface area contributed by atoms with Crippen molar-refractivity contribution in [3.63, 3.8) is 0 Å². The molecule has 7 heteroatoms. The zero-order chi connectivity index (χ0) is 16.1. The van der Waals surface area contributed by atoms with Crippen molar-refractivity contribution in [2.75, 3.05) is 65.7 Å². The van der Waals surface area contributed by atoms with Crippen molar-refractivity contribution >= 4 is 5.97 Å². The molecule has 0 spiro atoms. The molecule has 0 radical (unpaired) electrons. The Morgan fingerprint density at radius 2 is 1.33 bits per heavy atom. The lowest BCUT2D eigenvalue weighted by atomic mass is 10.3. The molecular formula is C14H28N2O5. The van der Waals surface area contributed by atoms with Crippen LogP contribution in [-0.2, 0) is 9.53 Å². The molecule has 0 amide bonds. The molecule has 0 heterocycles. The number of aliphatic hydroxyl groups excluding tert-OH is 3. The Hall–Kier alpha value is -0.990. The smallest absolute Gasteiger partial charge is 0.333 e. The lowest BCUT2D eigenvalue weighted by molar-refractivity contribution is -0.139. The van der Waals surface area contributed by atoms with Gasteiger partial charge in [0.25, 0.3) is 0 Å². The Balaban J connectivity index is 4.09. The zero-order valence-corrected chi connectivity index (χ0v) is 12.8. The first-order valence-electron chi connectivity index (χ1n) is 7.15. The van der Waals surface area contributed by atoms with Crippen molar-refractivity contribution < 1.29 is 24.9 Å². The van der Waals surface area contributed by atoms with E-state index in [4.69, 9.17) is 20.1 Å². The molecule has 0 rings (SSSR count). The van der Waals surface area contributed by atoms with Gasteiger partial charge in [0.1, 0.15) is 6.61 Å². The van der Waals surface area contributed by atoms with Gasteiger partial charge in [-0.1, -0.05) is 6.58 Å². The number of aliphatic hydroxyl groups is 3. The van der Waals surface area contributed by atoms with Gasteiger partial charge in [0.05, 0.1) is 19.8 Å². The summed E-state index contributed by atoms with van der Waals surface area (Å²) in [4.78, 5) is 15.2. The molecule has 0 fully saturated rings. The zero-order valence-electron chi connectivity index (χ0n) is 12.8. The summed E-state index contributed by atoms with van der Waals surface area (Å²) < 4.78 is 5.03. The summed E-state index contributed by atoms with van der Waals surface area (Å²) >= 11 is 0. The first-order valence-corrected chi connectivity index (χ1v) is 7.15. The van der Waals surface area contributed by atoms with Gasteiger partial charge >= 0.3 is 5.97 Å². The van der Waals surface area contributed by atoms with Crippen molar-refractivity contribution in [3.8, 4) is 0 Å². The van der Waals surface area contributed by atoms with Gasteiger partial charge < -0.3 is 20.1 Å². The summed E-state index contributed by atoms with van der Waals surface area (Å²) in [5.41, 5.74) is 0.362. The molecule has 7 nitrogen and oxygen atoms in total. The van der Waals surface area contributed by atoms with Gasteiger partial charge in [0.15, 0.2) is 0 Å². The highest BCUT2D eigenvalue weighted by molar-refractivity contribution is 5.86. The minimum Gasteiger partial charge on any atom is -0.461 e. The monoisotopic (exact) mass is 304 g/mol. The molecule has 0 saturated heterocycles. The van der Waals surface area contributed by atoms with Crippen LogP contribution in [0, 0.1) is 0 Å². The van der Waals surface area contributed by atoms with E-state index in [1.54, 1.807) is 6.92 Å². The van der Waals surface area contributed by atoms with Gasteiger partial charge in [0.2, 0.25) is 0 Å². The number of carbonyl (C=O) groups excluding carboxylic acids is 1. The number of hydrogen-bond acceptors (Lipinski definition) is 7. The van der Waals surface area contributed by atoms with Gasteiger partial charge in [-0.2, -0.15) is 0 Å². The fourth-order valence-corrected chi connectivity index (χ4v) is 1.77. The number of esters is 1. The molecule has 0 unspecified atom stereocenters. The van der Waals surface area contributed by atoms with E-state index in [0.717, 1.165) is 0 Å². The van der Waals surface area contributed by atoms with E-state index in [1.807, 2.05) is 9.80 Å². The highest BCUT2D eigenvalue weighted by Gasteiger charge is 2.10. The third kappa shape index (κ3) is 10.4. The lowest BCUT2D eigenvalue weighted by Gasteiger charge is -2.26. The Morgan fingerprint density at radius 3 is 1.71 bits per heavy atom. The maximum absolute atomic E-state index is 11.3. The van der Waals surface area contributed by atoms with E-state index in [2.05, 4.69) is 6.58 Å². The first-order chi connectivity index (χ1) is 10.0. The predicted octanol–water partition coefficient (Wildman–Crippen LogP) is -1.31. The minimum absolute atomic E-state index is 0.0223. The third-order valence-corrected chi connectivity index (χ3v) is 2.97. The number of rotatable bonds is 13. The van der Waals surface area contributed by atoms with Gasteiger partial charge in [-0.3, -0.25) is 9.80 Å². The maximum Gasteiger partial charge on any atom is 0.333 e. The Morgan fingerprint density at radius 1 is 0.905 bits per heavy atom. The molecule has 0 aromatic carbocycles. The van der Waals surface area contributed by atoms with Crippen LogP contribution in [0.15, 0.2) is 12.2 Å². The third-order valence-electron chi connectivity index (χ3n) is 2.97. The second-order valence-corrected chi connectivity index (χ2v) is 4.77. The number of nitrogens with zero attached hydrogens (tertiary/aromatic N) is 2. The van der Waals surface area contributed by atoms with Gasteiger partial charge in [-0.25, -0.2) is 4.79 Å². The Labute approximate surface area is 126 Å². The van der Waals surface area contributed by atoms with Crippen LogP contribution in [0.2, 0.25) is 0 Å². The van der Waals surface area contributed by atoms with Crippen molar-refractivity contribution in [2.45, 2.75) is 6.92 Å². The molecule has 0 aromatic heterocycles. The van der Waals surface area contributed by atoms with Crippen LogP contribution >= 0.6 is 0 Å². The Kier molecular flexibility index (Phi) is 12.1. The largest absolute Gasteiger partial charge is 0.461 e. The Bertz CT molecular complexity index is 293. The number of ether oxygens (including phenoxy) is 1. The summed E-state index contributed by atoms with van der Waals surface area (Å²) in [7, 11) is 0. The highest BCUT2D eigenvalue weighted by Crippen LogP contribution is 1.96. The van der Waals surface area contributed by atoms with Crippen LogP contribution in [0.5, 0.6) is 0 Å². The first kappa shape index (κ1) is 20.0. The topological polar surface area (TPSA) is 93.5 Å². The van der Waals surface area contributed by atoms with Crippen LogP contribution in [0.3, 0.4) is 0 Å². The summed E-state index contributed by atoms with van der Waals surface area (Å²) in [5, 5.41) is 26.9. The van der Waals surface area contributed by atoms with Gasteiger partial charge in [-0.05, 0) is 6.92 Å². The normalized spacial score (nSPS) is 11.1. The van der Waals surface area contributed by atoms with E-state index in [0.29, 0.717) is 44.8 Å². The molecule has 0 aliphatic carbocycles. The van der Waals surface area contributed by atoms with Crippen LogP contribution in [0.4, 0.5) is 0 Å². The molecule has 0 atom stereocenters. The fraction of sp³-hybridized carbons (Fsp3) is 0.786. The molecule has 21 heavy (non-hydrogen) atoms. The second kappa shape index (κ2) is 12.7. The standard InChI is InChI=1S/C14H28N2O5/c1-13(2)14(20)21-12-8-16(7-11-19)4-3-15(5-9-17)6-10-18/h17-19H,1,3-12H2,2H3.